The first-order chi connectivity index (χ1) is 24.6. The number of rotatable bonds is 17. The summed E-state index contributed by atoms with van der Waals surface area (Å²) in [4.78, 5) is 23.3. The molecule has 0 aromatic carbocycles. The van der Waals surface area contributed by atoms with E-state index in [1.54, 1.807) is 32.6 Å². The Bertz CT molecular complexity index is 1250. The van der Waals surface area contributed by atoms with Crippen LogP contribution in [0.2, 0.25) is 0 Å². The predicted octanol–water partition coefficient (Wildman–Crippen LogP) is 7.08. The van der Waals surface area contributed by atoms with Gasteiger partial charge in [0.2, 0.25) is 5.91 Å². The lowest BCUT2D eigenvalue weighted by Crippen LogP contribution is -2.31. The topological polar surface area (TPSA) is 106 Å². The van der Waals surface area contributed by atoms with Crippen LogP contribution >= 0.6 is 0 Å². The number of pyridine rings is 1. The van der Waals surface area contributed by atoms with Crippen LogP contribution in [-0.2, 0) is 16.1 Å². The largest absolute Gasteiger partial charge is 0.494 e. The predicted molar refractivity (Wildman–Crippen MR) is 209 cm³/mol. The second-order valence-corrected chi connectivity index (χ2v) is 11.6. The Balaban J connectivity index is 0. The number of hydrogen-bond donors (Lipinski definition) is 4. The number of nitrogens with one attached hydrogen (secondary N) is 4. The highest BCUT2D eigenvalue weighted by atomic mass is 19.4. The van der Waals surface area contributed by atoms with Crippen molar-refractivity contribution >= 4 is 18.1 Å². The van der Waals surface area contributed by atoms with Crippen LogP contribution in [0.4, 0.5) is 23.4 Å². The maximum atomic E-state index is 13.4. The third-order valence-corrected chi connectivity index (χ3v) is 7.53. The van der Waals surface area contributed by atoms with Crippen molar-refractivity contribution in [3.05, 3.63) is 71.1 Å². The van der Waals surface area contributed by atoms with E-state index in [0.29, 0.717) is 18.8 Å². The second kappa shape index (κ2) is 30.8. The van der Waals surface area contributed by atoms with E-state index in [1.807, 2.05) is 26.0 Å². The summed E-state index contributed by atoms with van der Waals surface area (Å²) in [6, 6.07) is 3.65. The number of halogens is 4. The summed E-state index contributed by atoms with van der Waals surface area (Å²) in [7, 11) is 5.25. The van der Waals surface area contributed by atoms with Gasteiger partial charge < -0.3 is 35.8 Å². The van der Waals surface area contributed by atoms with Crippen molar-refractivity contribution in [2.45, 2.75) is 74.6 Å². The Morgan fingerprint density at radius 2 is 1.73 bits per heavy atom. The lowest BCUT2D eigenvalue weighted by molar-refractivity contribution is -0.114. The van der Waals surface area contributed by atoms with E-state index >= 15 is 0 Å². The van der Waals surface area contributed by atoms with Crippen molar-refractivity contribution < 1.29 is 27.1 Å². The van der Waals surface area contributed by atoms with Crippen LogP contribution in [0, 0.1) is 5.92 Å². The fourth-order valence-corrected chi connectivity index (χ4v) is 4.05. The lowest BCUT2D eigenvalue weighted by Gasteiger charge is -2.17. The van der Waals surface area contributed by atoms with Gasteiger partial charge in [0, 0.05) is 53.4 Å². The molecule has 1 heterocycles. The summed E-state index contributed by atoms with van der Waals surface area (Å²) in [5, 5.41) is 11.4. The zero-order chi connectivity index (χ0) is 40.0. The molecule has 0 fully saturated rings. The van der Waals surface area contributed by atoms with Crippen LogP contribution in [0.25, 0.3) is 0 Å². The minimum Gasteiger partial charge on any atom is -0.494 e. The van der Waals surface area contributed by atoms with Gasteiger partial charge in [-0.1, -0.05) is 40.7 Å². The molecular weight excluding hydrogens is 676 g/mol. The van der Waals surface area contributed by atoms with Gasteiger partial charge in [-0.05, 0) is 95.3 Å². The molecule has 1 aliphatic rings. The normalized spacial score (nSPS) is 14.4. The van der Waals surface area contributed by atoms with Crippen LogP contribution in [0.1, 0.15) is 67.4 Å². The smallest absolute Gasteiger partial charge is 0.416 e. The average molecular weight is 743 g/mol. The summed E-state index contributed by atoms with van der Waals surface area (Å²) < 4.78 is 56.6. The zero-order valence-corrected chi connectivity index (χ0v) is 33.4. The Labute approximate surface area is 310 Å². The number of carbonyl (C=O) groups excluding carboxylic acids is 1. The van der Waals surface area contributed by atoms with E-state index in [1.165, 1.54) is 39.7 Å². The third kappa shape index (κ3) is 26.1. The molecule has 298 valence electrons. The Kier molecular flexibility index (Phi) is 29.9. The highest BCUT2D eigenvalue weighted by molar-refractivity contribution is 5.87. The standard InChI is InChI=1S/C12H16N2O2.C11H13F4N.C8H20N2.C7H17N3/c1-4-9(2)16-8-11-5-6-13-12(7-11)14-10(3)15;1-3-7-4-8(11(13,14)15)6-10(16-2)9(12)5-7;1-4-9-7-8-10(5-2)6-3;1-4-10(3)6-5-9-7-8-2/h4-7H,8H2,1-3H3,(H,13,14,15);4-7,16H,3H2,1-2H3;9H,4-8H2,1-3H3;7H,4-6H2,1-3H3,(H,8,9)/b9-4+;;;. The maximum Gasteiger partial charge on any atom is 0.416 e. The molecule has 1 unspecified atom stereocenters. The van der Waals surface area contributed by atoms with Crippen LogP contribution in [0.3, 0.4) is 0 Å². The van der Waals surface area contributed by atoms with Gasteiger partial charge in [0.25, 0.3) is 0 Å². The number of carbonyl (C=O) groups is 1. The first-order valence-electron chi connectivity index (χ1n) is 18.0. The molecule has 0 saturated heterocycles. The molecule has 0 spiro atoms. The molecule has 1 amide bonds. The summed E-state index contributed by atoms with van der Waals surface area (Å²) >= 11 is 0. The van der Waals surface area contributed by atoms with E-state index < -0.39 is 23.5 Å². The van der Waals surface area contributed by atoms with Gasteiger partial charge in [-0.15, -0.1) is 0 Å². The fourth-order valence-electron chi connectivity index (χ4n) is 4.05. The highest BCUT2D eigenvalue weighted by Gasteiger charge is 2.34. The van der Waals surface area contributed by atoms with E-state index in [-0.39, 0.29) is 11.6 Å². The van der Waals surface area contributed by atoms with Gasteiger partial charge in [0.05, 0.1) is 23.4 Å². The highest BCUT2D eigenvalue weighted by Crippen LogP contribution is 2.33. The second-order valence-electron chi connectivity index (χ2n) is 11.6. The van der Waals surface area contributed by atoms with E-state index in [4.69, 9.17) is 4.74 Å². The van der Waals surface area contributed by atoms with Gasteiger partial charge in [0.15, 0.2) is 0 Å². The van der Waals surface area contributed by atoms with Crippen LogP contribution in [0.15, 0.2) is 70.5 Å². The number of amides is 1. The molecule has 4 N–H and O–H groups in total. The number of likely N-dealkylation sites (N-methyl/N-ethyl adjacent to an activating group) is 4. The van der Waals surface area contributed by atoms with Crippen LogP contribution in [0.5, 0.6) is 0 Å². The molecule has 0 bridgehead atoms. The molecule has 2 rings (SSSR count). The number of aromatic nitrogens is 1. The first kappa shape index (κ1) is 50.4. The molecule has 0 radical (unpaired) electrons. The summed E-state index contributed by atoms with van der Waals surface area (Å²) in [6.45, 7) is 25.0. The van der Waals surface area contributed by atoms with Crippen molar-refractivity contribution in [3.63, 3.8) is 0 Å². The van der Waals surface area contributed by atoms with E-state index in [2.05, 4.69) is 75.8 Å². The Hall–Kier alpha value is -3.75. The van der Waals surface area contributed by atoms with Gasteiger partial charge in [-0.2, -0.15) is 13.2 Å². The van der Waals surface area contributed by atoms with Gasteiger partial charge in [-0.3, -0.25) is 9.79 Å². The summed E-state index contributed by atoms with van der Waals surface area (Å²) in [5.41, 5.74) is 0.0204. The number of nitrogens with zero attached hydrogens (tertiary/aromatic N) is 4. The summed E-state index contributed by atoms with van der Waals surface area (Å²) in [6.07, 6.45) is 4.28. The first-order valence-corrected chi connectivity index (χ1v) is 18.0. The molecule has 1 atom stereocenters. The third-order valence-electron chi connectivity index (χ3n) is 7.53. The number of hydrogen-bond acceptors (Lipinski definition) is 8. The molecule has 14 heteroatoms. The Morgan fingerprint density at radius 3 is 2.23 bits per heavy atom. The molecule has 1 aromatic heterocycles. The number of alkyl halides is 3. The number of aliphatic imine (C=N–C) groups is 1. The monoisotopic (exact) mass is 743 g/mol. The van der Waals surface area contributed by atoms with Crippen molar-refractivity contribution in [3.8, 4) is 0 Å². The van der Waals surface area contributed by atoms with Crippen molar-refractivity contribution in [2.75, 3.05) is 78.8 Å². The molecule has 1 aliphatic carbocycles. The summed E-state index contributed by atoms with van der Waals surface area (Å²) in [5.74, 6) is 0.114. The number of anilines is 1. The van der Waals surface area contributed by atoms with Gasteiger partial charge >= 0.3 is 6.18 Å². The maximum absolute atomic E-state index is 13.4. The van der Waals surface area contributed by atoms with Crippen LogP contribution in [-0.4, -0.2) is 107 Å². The average Bonchev–Trinajstić information content (AvgIpc) is 3.29. The fraction of sp³-hybridized carbons (Fsp3) is 0.605. The van der Waals surface area contributed by atoms with Crippen molar-refractivity contribution in [2.24, 2.45) is 10.9 Å². The SMILES string of the molecule is C/C=C(\C)OCc1ccnc(NC(C)=O)c1.CCC1C=C(F)C(NC)=CC(C(F)(F)F)=C1.CCN(C)CCNC=NC.CCNCCN(CC)CC. The van der Waals surface area contributed by atoms with Crippen molar-refractivity contribution in [1.82, 2.24) is 30.7 Å². The van der Waals surface area contributed by atoms with E-state index in [0.717, 1.165) is 56.2 Å². The van der Waals surface area contributed by atoms with E-state index in [9.17, 15) is 22.4 Å². The quantitative estimate of drug-likeness (QED) is 0.0442. The Morgan fingerprint density at radius 1 is 1.06 bits per heavy atom. The minimum atomic E-state index is -4.45. The molecule has 0 aliphatic heterocycles. The minimum absolute atomic E-state index is 0.129. The lowest BCUT2D eigenvalue weighted by atomic mass is 10.0. The molecule has 10 nitrogen and oxygen atoms in total. The zero-order valence-electron chi connectivity index (χ0n) is 33.4. The molecular formula is C38H66F4N8O2. The van der Waals surface area contributed by atoms with Crippen LogP contribution < -0.4 is 21.3 Å². The van der Waals surface area contributed by atoms with Gasteiger partial charge in [-0.25, -0.2) is 9.37 Å². The molecule has 1 aromatic rings. The van der Waals surface area contributed by atoms with Gasteiger partial charge in [0.1, 0.15) is 18.3 Å². The van der Waals surface area contributed by atoms with Crippen molar-refractivity contribution in [1.29, 1.82) is 0 Å². The molecule has 52 heavy (non-hydrogen) atoms. The molecule has 0 saturated carbocycles. The number of ether oxygens (including phenoxy) is 1. The number of allylic oxidation sites excluding steroid dienone is 7.